The molecule has 0 rings (SSSR count). The number of hydrogen-bond donors (Lipinski definition) is 1. The summed E-state index contributed by atoms with van der Waals surface area (Å²) in [5.74, 6) is 0.648. The zero-order valence-corrected chi connectivity index (χ0v) is 12.9. The summed E-state index contributed by atoms with van der Waals surface area (Å²) in [4.78, 5) is 0. The van der Waals surface area contributed by atoms with Gasteiger partial charge in [0.05, 0.1) is 0 Å². The summed E-state index contributed by atoms with van der Waals surface area (Å²) in [6, 6.07) is 0. The lowest BCUT2D eigenvalue weighted by Crippen LogP contribution is -2.29. The largest absolute Gasteiger partial charge is 0.177 e. The van der Waals surface area contributed by atoms with Crippen LogP contribution in [0, 0.1) is 0 Å². The van der Waals surface area contributed by atoms with Gasteiger partial charge in [-0.3, -0.25) is 0 Å². The van der Waals surface area contributed by atoms with Gasteiger partial charge in [0.1, 0.15) is 3.23 Å². The molecule has 0 heterocycles. The Bertz CT molecular complexity index is 94.9. The van der Waals surface area contributed by atoms with E-state index in [2.05, 4.69) is 92.3 Å². The van der Waals surface area contributed by atoms with Crippen molar-refractivity contribution in [1.29, 1.82) is 0 Å². The maximum Gasteiger partial charge on any atom is 0.160 e. The molecule has 0 bridgehead atoms. The van der Waals surface area contributed by atoms with Gasteiger partial charge in [-0.25, -0.2) is 0 Å². The molecule has 0 nitrogen and oxygen atoms in total. The molecule has 56 valence electrons. The Morgan fingerprint density at radius 3 is 1.33 bits per heavy atom. The Labute approximate surface area is 102 Å². The number of halogens is 5. The summed E-state index contributed by atoms with van der Waals surface area (Å²) in [6.45, 7) is 0. The quantitative estimate of drug-likeness (QED) is 0.430. The summed E-state index contributed by atoms with van der Waals surface area (Å²) >= 11 is 21.0. The molecule has 0 amide bonds. The molecule has 0 radical (unpaired) electrons. The van der Waals surface area contributed by atoms with Crippen LogP contribution in [0.3, 0.4) is 0 Å². The Balaban J connectivity index is 4.14. The Morgan fingerprint density at radius 1 is 1.00 bits per heavy atom. The lowest BCUT2D eigenvalue weighted by molar-refractivity contribution is 1.06. The van der Waals surface area contributed by atoms with Crippen molar-refractivity contribution in [2.24, 2.45) is 0 Å². The standard InChI is InChI=1S/C3H3Br5S/c4-2(5,1-9)3(6,7)8/h9H,1H2. The predicted molar refractivity (Wildman–Crippen MR) is 64.0 cm³/mol. The molecule has 0 aromatic rings. The SMILES string of the molecule is SCC(Br)(Br)C(Br)(Br)Br. The van der Waals surface area contributed by atoms with Crippen molar-refractivity contribution in [2.45, 2.75) is 5.38 Å². The summed E-state index contributed by atoms with van der Waals surface area (Å²) in [7, 11) is 0. The Hall–Kier alpha value is 2.75. The van der Waals surface area contributed by atoms with Crippen LogP contribution in [-0.4, -0.2) is 11.1 Å². The fraction of sp³-hybridized carbons (Fsp3) is 1.00. The van der Waals surface area contributed by atoms with E-state index in [0.29, 0.717) is 5.75 Å². The lowest BCUT2D eigenvalue weighted by Gasteiger charge is -2.27. The number of hydrogen-bond acceptors (Lipinski definition) is 1. The first kappa shape index (κ1) is 11.8. The van der Waals surface area contributed by atoms with Gasteiger partial charge in [-0.15, -0.1) is 0 Å². The number of rotatable bonds is 1. The molecule has 6 heteroatoms. The second-order valence-electron chi connectivity index (χ2n) is 1.36. The highest BCUT2D eigenvalue weighted by Gasteiger charge is 2.41. The monoisotopic (exact) mass is 466 g/mol. The zero-order chi connectivity index (χ0) is 7.71. The van der Waals surface area contributed by atoms with Crippen LogP contribution in [-0.2, 0) is 0 Å². The van der Waals surface area contributed by atoms with Gasteiger partial charge in [-0.05, 0) is 0 Å². The fourth-order valence-corrected chi connectivity index (χ4v) is 1.40. The summed E-state index contributed by atoms with van der Waals surface area (Å²) in [6.07, 6.45) is 0. The fourth-order valence-electron chi connectivity index (χ4n) is 0.0896. The van der Waals surface area contributed by atoms with E-state index in [9.17, 15) is 0 Å². The average Bonchev–Trinajstić information content (AvgIpc) is 1.64. The van der Waals surface area contributed by atoms with E-state index in [0.717, 1.165) is 0 Å². The molecule has 0 aliphatic heterocycles. The highest BCUT2D eigenvalue weighted by atomic mass is 80.0. The van der Waals surface area contributed by atoms with E-state index in [1.807, 2.05) is 0 Å². The molecule has 0 aromatic carbocycles. The molecule has 9 heavy (non-hydrogen) atoms. The smallest absolute Gasteiger partial charge is 0.160 e. The molecule has 0 fully saturated rings. The van der Waals surface area contributed by atoms with Gasteiger partial charge in [-0.2, -0.15) is 12.6 Å². The van der Waals surface area contributed by atoms with Gasteiger partial charge < -0.3 is 0 Å². The summed E-state index contributed by atoms with van der Waals surface area (Å²) in [5, 5.41) is 0. The molecule has 0 aromatic heterocycles. The van der Waals surface area contributed by atoms with Crippen LogP contribution in [0.5, 0.6) is 0 Å². The highest BCUT2D eigenvalue weighted by molar-refractivity contribution is 9.41. The van der Waals surface area contributed by atoms with E-state index >= 15 is 0 Å². The molecule has 0 aliphatic carbocycles. The van der Waals surface area contributed by atoms with E-state index in [4.69, 9.17) is 0 Å². The van der Waals surface area contributed by atoms with E-state index in [-0.39, 0.29) is 5.38 Å². The first-order valence-corrected chi connectivity index (χ1v) is 6.46. The van der Waals surface area contributed by atoms with Crippen molar-refractivity contribution in [1.82, 2.24) is 0 Å². The average molecular weight is 471 g/mol. The minimum absolute atomic E-state index is 0.282. The minimum atomic E-state index is -0.359. The van der Waals surface area contributed by atoms with Crippen LogP contribution in [0.4, 0.5) is 0 Å². The molecular weight excluding hydrogens is 468 g/mol. The Kier molecular flexibility index (Phi) is 5.38. The van der Waals surface area contributed by atoms with Crippen LogP contribution in [0.1, 0.15) is 0 Å². The molecule has 0 saturated heterocycles. The van der Waals surface area contributed by atoms with E-state index in [1.165, 1.54) is 0 Å². The molecule has 0 atom stereocenters. The molecule has 0 aliphatic rings. The topological polar surface area (TPSA) is 0 Å². The van der Waals surface area contributed by atoms with Crippen molar-refractivity contribution in [2.75, 3.05) is 5.75 Å². The van der Waals surface area contributed by atoms with Crippen LogP contribution in [0.25, 0.3) is 0 Å². The third kappa shape index (κ3) is 3.78. The molecule has 0 spiro atoms. The van der Waals surface area contributed by atoms with Gasteiger partial charge in [0.2, 0.25) is 0 Å². The van der Waals surface area contributed by atoms with Crippen LogP contribution in [0.2, 0.25) is 0 Å². The highest BCUT2D eigenvalue weighted by Crippen LogP contribution is 2.52. The molecular formula is C3H3Br5S. The molecule has 0 N–H and O–H groups in total. The van der Waals surface area contributed by atoms with E-state index < -0.39 is 0 Å². The van der Waals surface area contributed by atoms with Gasteiger partial charge in [0.25, 0.3) is 0 Å². The van der Waals surface area contributed by atoms with Gasteiger partial charge >= 0.3 is 0 Å². The minimum Gasteiger partial charge on any atom is -0.177 e. The summed E-state index contributed by atoms with van der Waals surface area (Å²) < 4.78 is -0.641. The normalized spacial score (nSPS) is 14.0. The van der Waals surface area contributed by atoms with Gasteiger partial charge in [0.15, 0.2) is 2.14 Å². The van der Waals surface area contributed by atoms with Crippen molar-refractivity contribution in [3.63, 3.8) is 0 Å². The third-order valence-electron chi connectivity index (χ3n) is 0.613. The lowest BCUT2D eigenvalue weighted by atomic mass is 10.6. The van der Waals surface area contributed by atoms with E-state index in [1.54, 1.807) is 0 Å². The maximum absolute atomic E-state index is 4.11. The van der Waals surface area contributed by atoms with Gasteiger partial charge in [0, 0.05) is 5.75 Å². The predicted octanol–water partition coefficient (Wildman–Crippen LogP) is 4.24. The second kappa shape index (κ2) is 4.12. The third-order valence-corrected chi connectivity index (χ3v) is 8.93. The van der Waals surface area contributed by atoms with Crippen molar-refractivity contribution in [3.8, 4) is 0 Å². The van der Waals surface area contributed by atoms with Crippen molar-refractivity contribution < 1.29 is 0 Å². The van der Waals surface area contributed by atoms with Crippen molar-refractivity contribution >= 4 is 92.3 Å². The van der Waals surface area contributed by atoms with Crippen LogP contribution < -0.4 is 0 Å². The number of alkyl halides is 5. The van der Waals surface area contributed by atoms with Crippen LogP contribution in [0.15, 0.2) is 0 Å². The van der Waals surface area contributed by atoms with Crippen LogP contribution >= 0.6 is 92.3 Å². The maximum atomic E-state index is 4.11. The first-order valence-electron chi connectivity index (χ1n) is 1.86. The molecule has 0 unspecified atom stereocenters. The summed E-state index contributed by atoms with van der Waals surface area (Å²) in [5.41, 5.74) is 0. The zero-order valence-electron chi connectivity index (χ0n) is 4.04. The molecule has 0 saturated carbocycles. The van der Waals surface area contributed by atoms with Gasteiger partial charge in [-0.1, -0.05) is 79.6 Å². The number of thiol groups is 1. The van der Waals surface area contributed by atoms with Crippen molar-refractivity contribution in [3.05, 3.63) is 0 Å². The first-order chi connectivity index (χ1) is 3.81. The second-order valence-corrected chi connectivity index (χ2v) is 12.2. The Morgan fingerprint density at radius 2 is 1.33 bits per heavy atom.